The van der Waals surface area contributed by atoms with Gasteiger partial charge in [-0.1, -0.05) is 37.3 Å². The Kier molecular flexibility index (Phi) is 6.22. The zero-order valence-electron chi connectivity index (χ0n) is 15.9. The molecule has 2 saturated heterocycles. The normalized spacial score (nSPS) is 28.9. The molecule has 0 aromatic heterocycles. The summed E-state index contributed by atoms with van der Waals surface area (Å²) in [6.45, 7) is 7.79. The number of piperidine rings is 1. The summed E-state index contributed by atoms with van der Waals surface area (Å²) in [4.78, 5) is 7.13. The van der Waals surface area contributed by atoms with Gasteiger partial charge in [0.15, 0.2) is 15.8 Å². The highest BCUT2D eigenvalue weighted by Gasteiger charge is 2.30. The Labute approximate surface area is 157 Å². The molecule has 0 radical (unpaired) electrons. The molecule has 0 spiro atoms. The van der Waals surface area contributed by atoms with Crippen LogP contribution < -0.4 is 5.32 Å². The van der Waals surface area contributed by atoms with Crippen LogP contribution in [0.2, 0.25) is 0 Å². The summed E-state index contributed by atoms with van der Waals surface area (Å²) < 4.78 is 23.3. The monoisotopic (exact) mass is 377 g/mol. The summed E-state index contributed by atoms with van der Waals surface area (Å²) >= 11 is 0. The molecule has 2 fully saturated rings. The molecule has 2 aliphatic heterocycles. The van der Waals surface area contributed by atoms with Crippen molar-refractivity contribution in [3.8, 4) is 0 Å². The van der Waals surface area contributed by atoms with E-state index in [0.717, 1.165) is 38.4 Å². The van der Waals surface area contributed by atoms with Gasteiger partial charge in [0, 0.05) is 26.2 Å². The third-order valence-corrected chi connectivity index (χ3v) is 7.43. The first-order chi connectivity index (χ1) is 12.5. The molecular weight excluding hydrogens is 346 g/mol. The molecule has 0 saturated carbocycles. The van der Waals surface area contributed by atoms with Gasteiger partial charge in [0.05, 0.1) is 11.5 Å². The third kappa shape index (κ3) is 4.78. The van der Waals surface area contributed by atoms with E-state index in [-0.39, 0.29) is 5.92 Å². The Morgan fingerprint density at radius 1 is 1.27 bits per heavy atom. The van der Waals surface area contributed by atoms with Crippen LogP contribution in [0.5, 0.6) is 0 Å². The molecule has 5 nitrogen and oxygen atoms in total. The van der Waals surface area contributed by atoms with E-state index in [2.05, 4.69) is 54.4 Å². The summed E-state index contributed by atoms with van der Waals surface area (Å²) in [5.41, 5.74) is 1.43. The summed E-state index contributed by atoms with van der Waals surface area (Å²) in [5.74, 6) is 2.88. The molecule has 144 valence electrons. The lowest BCUT2D eigenvalue weighted by Crippen LogP contribution is -2.48. The van der Waals surface area contributed by atoms with E-state index < -0.39 is 9.84 Å². The Morgan fingerprint density at radius 2 is 2.04 bits per heavy atom. The van der Waals surface area contributed by atoms with Crippen LogP contribution >= 0.6 is 0 Å². The maximum Gasteiger partial charge on any atom is 0.193 e. The summed E-state index contributed by atoms with van der Waals surface area (Å²) in [7, 11) is -2.83. The van der Waals surface area contributed by atoms with E-state index in [4.69, 9.17) is 4.99 Å². The Morgan fingerprint density at radius 3 is 2.65 bits per heavy atom. The van der Waals surface area contributed by atoms with E-state index in [1.54, 1.807) is 0 Å². The van der Waals surface area contributed by atoms with Gasteiger partial charge in [0.2, 0.25) is 0 Å². The van der Waals surface area contributed by atoms with Gasteiger partial charge in [-0.3, -0.25) is 4.99 Å². The molecule has 0 bridgehead atoms. The fraction of sp³-hybridized carbons (Fsp3) is 0.650. The number of likely N-dealkylation sites (tertiary alicyclic amines) is 1. The zero-order valence-corrected chi connectivity index (χ0v) is 16.7. The van der Waals surface area contributed by atoms with Crippen LogP contribution in [-0.4, -0.2) is 57.0 Å². The number of nitrogens with zero attached hydrogens (tertiary/aromatic N) is 2. The largest absolute Gasteiger partial charge is 0.357 e. The van der Waals surface area contributed by atoms with Crippen molar-refractivity contribution in [3.05, 3.63) is 35.9 Å². The van der Waals surface area contributed by atoms with Crippen molar-refractivity contribution in [2.45, 2.75) is 32.6 Å². The maximum absolute atomic E-state index is 11.7. The molecular formula is C20H31N3O2S. The molecule has 3 rings (SSSR count). The number of guanidine groups is 1. The van der Waals surface area contributed by atoms with Crippen LogP contribution in [0.4, 0.5) is 0 Å². The van der Waals surface area contributed by atoms with Crippen molar-refractivity contribution < 1.29 is 8.42 Å². The SMILES string of the molecule is CCNC(=NCC1CCS(=O)(=O)C1)N1CCC(c2ccccc2)C(C)C1. The van der Waals surface area contributed by atoms with E-state index in [1.165, 1.54) is 5.56 Å². The third-order valence-electron chi connectivity index (χ3n) is 5.59. The van der Waals surface area contributed by atoms with Crippen molar-refractivity contribution in [2.75, 3.05) is 37.7 Å². The van der Waals surface area contributed by atoms with Gasteiger partial charge in [-0.15, -0.1) is 0 Å². The lowest BCUT2D eigenvalue weighted by atomic mass is 9.82. The lowest BCUT2D eigenvalue weighted by molar-refractivity contribution is 0.234. The Bertz CT molecular complexity index is 718. The quantitative estimate of drug-likeness (QED) is 0.647. The minimum Gasteiger partial charge on any atom is -0.357 e. The maximum atomic E-state index is 11.7. The van der Waals surface area contributed by atoms with Gasteiger partial charge in [-0.25, -0.2) is 8.42 Å². The number of benzene rings is 1. The molecule has 2 aliphatic rings. The highest BCUT2D eigenvalue weighted by Crippen LogP contribution is 2.32. The molecule has 1 aromatic carbocycles. The molecule has 3 unspecified atom stereocenters. The minimum absolute atomic E-state index is 0.174. The van der Waals surface area contributed by atoms with E-state index in [1.807, 2.05) is 0 Å². The second-order valence-electron chi connectivity index (χ2n) is 7.69. The summed E-state index contributed by atoms with van der Waals surface area (Å²) in [6, 6.07) is 10.8. The molecule has 26 heavy (non-hydrogen) atoms. The van der Waals surface area contributed by atoms with Gasteiger partial charge < -0.3 is 10.2 Å². The molecule has 0 amide bonds. The summed E-state index contributed by atoms with van der Waals surface area (Å²) in [6.07, 6.45) is 1.87. The first kappa shape index (κ1) is 19.2. The molecule has 6 heteroatoms. The van der Waals surface area contributed by atoms with E-state index in [0.29, 0.717) is 29.9 Å². The van der Waals surface area contributed by atoms with Crippen LogP contribution in [0.15, 0.2) is 35.3 Å². The van der Waals surface area contributed by atoms with Crippen molar-refractivity contribution in [1.82, 2.24) is 10.2 Å². The number of hydrogen-bond donors (Lipinski definition) is 1. The highest BCUT2D eigenvalue weighted by atomic mass is 32.2. The van der Waals surface area contributed by atoms with Crippen molar-refractivity contribution in [1.29, 1.82) is 0 Å². The van der Waals surface area contributed by atoms with Gasteiger partial charge in [0.25, 0.3) is 0 Å². The van der Waals surface area contributed by atoms with E-state index in [9.17, 15) is 8.42 Å². The van der Waals surface area contributed by atoms with Gasteiger partial charge in [-0.2, -0.15) is 0 Å². The van der Waals surface area contributed by atoms with Gasteiger partial charge >= 0.3 is 0 Å². The fourth-order valence-corrected chi connectivity index (χ4v) is 6.04. The van der Waals surface area contributed by atoms with Crippen LogP contribution in [0, 0.1) is 11.8 Å². The van der Waals surface area contributed by atoms with Crippen molar-refractivity contribution in [2.24, 2.45) is 16.8 Å². The number of aliphatic imine (C=N–C) groups is 1. The predicted molar refractivity (Wildman–Crippen MR) is 107 cm³/mol. The molecule has 0 aliphatic carbocycles. The van der Waals surface area contributed by atoms with Crippen LogP contribution in [0.25, 0.3) is 0 Å². The second-order valence-corrected chi connectivity index (χ2v) is 9.92. The van der Waals surface area contributed by atoms with Crippen LogP contribution in [0.1, 0.15) is 38.2 Å². The minimum atomic E-state index is -2.83. The first-order valence-electron chi connectivity index (χ1n) is 9.77. The number of hydrogen-bond acceptors (Lipinski definition) is 3. The number of nitrogens with one attached hydrogen (secondary N) is 1. The molecule has 1 N–H and O–H groups in total. The number of rotatable bonds is 4. The smallest absolute Gasteiger partial charge is 0.193 e. The van der Waals surface area contributed by atoms with Crippen LogP contribution in [-0.2, 0) is 9.84 Å². The average Bonchev–Trinajstić information content (AvgIpc) is 2.98. The van der Waals surface area contributed by atoms with Crippen LogP contribution in [0.3, 0.4) is 0 Å². The second kappa shape index (κ2) is 8.42. The summed E-state index contributed by atoms with van der Waals surface area (Å²) in [5, 5.41) is 3.40. The standard InChI is InChI=1S/C20H31N3O2S/c1-3-21-20(22-13-17-10-12-26(24,25)15-17)23-11-9-19(16(2)14-23)18-7-5-4-6-8-18/h4-8,16-17,19H,3,9-15H2,1-2H3,(H,21,22). The molecule has 1 aromatic rings. The first-order valence-corrected chi connectivity index (χ1v) is 11.6. The zero-order chi connectivity index (χ0) is 18.6. The van der Waals surface area contributed by atoms with Gasteiger partial charge in [0.1, 0.15) is 0 Å². The Balaban J connectivity index is 1.63. The fourth-order valence-electron chi connectivity index (χ4n) is 4.19. The predicted octanol–water partition coefficient (Wildman–Crippen LogP) is 2.51. The van der Waals surface area contributed by atoms with Crippen molar-refractivity contribution in [3.63, 3.8) is 0 Å². The van der Waals surface area contributed by atoms with E-state index >= 15 is 0 Å². The highest BCUT2D eigenvalue weighted by molar-refractivity contribution is 7.91. The lowest BCUT2D eigenvalue weighted by Gasteiger charge is -2.39. The topological polar surface area (TPSA) is 61.8 Å². The average molecular weight is 378 g/mol. The Hall–Kier alpha value is -1.56. The molecule has 3 atom stereocenters. The molecule has 2 heterocycles. The van der Waals surface area contributed by atoms with Gasteiger partial charge in [-0.05, 0) is 43.1 Å². The van der Waals surface area contributed by atoms with Crippen molar-refractivity contribution >= 4 is 15.8 Å². The number of sulfone groups is 1.